The predicted molar refractivity (Wildman–Crippen MR) is 91.5 cm³/mol. The van der Waals surface area contributed by atoms with Gasteiger partial charge in [0.15, 0.2) is 0 Å². The number of aliphatic hydroxyl groups is 2. The van der Waals surface area contributed by atoms with Gasteiger partial charge in [-0.05, 0) is 37.1 Å². The Labute approximate surface area is 137 Å². The molecule has 0 saturated carbocycles. The zero-order valence-corrected chi connectivity index (χ0v) is 13.6. The molecule has 3 atom stereocenters. The van der Waals surface area contributed by atoms with Gasteiger partial charge >= 0.3 is 0 Å². The number of nitrogens with one attached hydrogen (secondary N) is 1. The van der Waals surface area contributed by atoms with E-state index in [1.165, 1.54) is 0 Å². The van der Waals surface area contributed by atoms with Gasteiger partial charge < -0.3 is 20.3 Å². The fraction of sp³-hybridized carbons (Fsp3) is 0.368. The highest BCUT2D eigenvalue weighted by Crippen LogP contribution is 2.16. The summed E-state index contributed by atoms with van der Waals surface area (Å²) in [6.07, 6.45) is -1.25. The molecule has 0 heterocycles. The summed E-state index contributed by atoms with van der Waals surface area (Å²) in [5.74, 6) is 0.751. The van der Waals surface area contributed by atoms with E-state index < -0.39 is 12.2 Å². The van der Waals surface area contributed by atoms with Crippen LogP contribution in [-0.2, 0) is 0 Å². The van der Waals surface area contributed by atoms with Gasteiger partial charge in [-0.1, -0.05) is 42.5 Å². The normalized spacial score (nSPS) is 15.0. The molecule has 124 valence electrons. The highest BCUT2D eigenvalue weighted by molar-refractivity contribution is 5.27. The molecule has 2 aromatic rings. The van der Waals surface area contributed by atoms with E-state index in [4.69, 9.17) is 4.74 Å². The Morgan fingerprint density at radius 3 is 2.48 bits per heavy atom. The van der Waals surface area contributed by atoms with Crippen molar-refractivity contribution < 1.29 is 14.9 Å². The van der Waals surface area contributed by atoms with Crippen molar-refractivity contribution in [3.8, 4) is 5.75 Å². The second-order valence-electron chi connectivity index (χ2n) is 5.83. The maximum Gasteiger partial charge on any atom is 0.119 e. The monoisotopic (exact) mass is 315 g/mol. The SMILES string of the molecule is Cc1cccc(OC[C@H](O)CN[C@@H](C)[C@@H](O)c2ccccc2)c1. The van der Waals surface area contributed by atoms with Crippen molar-refractivity contribution in [1.82, 2.24) is 5.32 Å². The third-order valence-corrected chi connectivity index (χ3v) is 3.72. The molecule has 4 nitrogen and oxygen atoms in total. The molecule has 0 amide bonds. The second kappa shape index (κ2) is 8.67. The van der Waals surface area contributed by atoms with Crippen LogP contribution in [0.2, 0.25) is 0 Å². The molecular formula is C19H25NO3. The summed E-state index contributed by atoms with van der Waals surface area (Å²) in [5.41, 5.74) is 1.98. The molecular weight excluding hydrogens is 290 g/mol. The van der Waals surface area contributed by atoms with Crippen molar-refractivity contribution in [2.24, 2.45) is 0 Å². The van der Waals surface area contributed by atoms with Gasteiger partial charge in [-0.15, -0.1) is 0 Å². The summed E-state index contributed by atoms with van der Waals surface area (Å²) >= 11 is 0. The number of ether oxygens (including phenoxy) is 1. The lowest BCUT2D eigenvalue weighted by molar-refractivity contribution is 0.0876. The minimum Gasteiger partial charge on any atom is -0.491 e. The standard InChI is InChI=1S/C19H25NO3/c1-14-7-6-10-18(11-14)23-13-17(21)12-20-15(2)19(22)16-8-4-3-5-9-16/h3-11,15,17,19-22H,12-13H2,1-2H3/t15-,17+,19+/m0/s1. The lowest BCUT2D eigenvalue weighted by Crippen LogP contribution is -2.39. The molecule has 0 spiro atoms. The molecule has 0 radical (unpaired) electrons. The van der Waals surface area contributed by atoms with Crippen LogP contribution in [0.25, 0.3) is 0 Å². The van der Waals surface area contributed by atoms with E-state index in [2.05, 4.69) is 5.32 Å². The fourth-order valence-electron chi connectivity index (χ4n) is 2.33. The second-order valence-corrected chi connectivity index (χ2v) is 5.83. The number of hydrogen-bond donors (Lipinski definition) is 3. The summed E-state index contributed by atoms with van der Waals surface area (Å²) in [4.78, 5) is 0. The number of aryl methyl sites for hydroxylation is 1. The third kappa shape index (κ3) is 5.67. The predicted octanol–water partition coefficient (Wildman–Crippen LogP) is 2.45. The summed E-state index contributed by atoms with van der Waals surface area (Å²) in [5, 5.41) is 23.4. The molecule has 0 fully saturated rings. The number of benzene rings is 2. The van der Waals surface area contributed by atoms with Gasteiger partial charge in [-0.3, -0.25) is 0 Å². The van der Waals surface area contributed by atoms with Crippen molar-refractivity contribution >= 4 is 0 Å². The lowest BCUT2D eigenvalue weighted by atomic mass is 10.0. The van der Waals surface area contributed by atoms with Gasteiger partial charge in [0, 0.05) is 12.6 Å². The van der Waals surface area contributed by atoms with Gasteiger partial charge in [0.1, 0.15) is 18.5 Å². The van der Waals surface area contributed by atoms with Crippen LogP contribution in [0, 0.1) is 6.92 Å². The summed E-state index contributed by atoms with van der Waals surface area (Å²) in [6, 6.07) is 17.1. The Hall–Kier alpha value is -1.88. The van der Waals surface area contributed by atoms with Crippen molar-refractivity contribution in [2.75, 3.05) is 13.2 Å². The van der Waals surface area contributed by atoms with E-state index >= 15 is 0 Å². The molecule has 0 aliphatic carbocycles. The maximum absolute atomic E-state index is 10.3. The molecule has 0 aliphatic heterocycles. The van der Waals surface area contributed by atoms with Crippen LogP contribution in [0.5, 0.6) is 5.75 Å². The zero-order valence-electron chi connectivity index (χ0n) is 13.6. The molecule has 0 saturated heterocycles. The molecule has 4 heteroatoms. The van der Waals surface area contributed by atoms with Gasteiger partial charge in [0.2, 0.25) is 0 Å². The van der Waals surface area contributed by atoms with E-state index in [1.54, 1.807) is 0 Å². The van der Waals surface area contributed by atoms with E-state index in [0.717, 1.165) is 16.9 Å². The first-order chi connectivity index (χ1) is 11.1. The van der Waals surface area contributed by atoms with E-state index in [-0.39, 0.29) is 12.6 Å². The van der Waals surface area contributed by atoms with Gasteiger partial charge in [0.05, 0.1) is 6.10 Å². The highest BCUT2D eigenvalue weighted by Gasteiger charge is 2.17. The Bertz CT molecular complexity index is 588. The first kappa shape index (κ1) is 17.5. The molecule has 0 aliphatic rings. The van der Waals surface area contributed by atoms with Crippen molar-refractivity contribution in [3.63, 3.8) is 0 Å². The van der Waals surface area contributed by atoms with E-state index in [1.807, 2.05) is 68.4 Å². The minimum absolute atomic E-state index is 0.161. The average Bonchev–Trinajstić information content (AvgIpc) is 2.58. The van der Waals surface area contributed by atoms with Gasteiger partial charge in [-0.25, -0.2) is 0 Å². The molecule has 2 rings (SSSR count). The summed E-state index contributed by atoms with van der Waals surface area (Å²) in [7, 11) is 0. The van der Waals surface area contributed by atoms with Crippen molar-refractivity contribution in [1.29, 1.82) is 0 Å². The van der Waals surface area contributed by atoms with E-state index in [9.17, 15) is 10.2 Å². The Kier molecular flexibility index (Phi) is 6.59. The minimum atomic E-state index is -0.638. The van der Waals surface area contributed by atoms with Crippen molar-refractivity contribution in [3.05, 3.63) is 65.7 Å². The summed E-state index contributed by atoms with van der Waals surface area (Å²) < 4.78 is 5.57. The van der Waals surface area contributed by atoms with Crippen LogP contribution in [0.15, 0.2) is 54.6 Å². The fourth-order valence-corrected chi connectivity index (χ4v) is 2.33. The third-order valence-electron chi connectivity index (χ3n) is 3.72. The Morgan fingerprint density at radius 1 is 1.04 bits per heavy atom. The molecule has 23 heavy (non-hydrogen) atoms. The average molecular weight is 315 g/mol. The molecule has 3 N–H and O–H groups in total. The molecule has 0 aromatic heterocycles. The van der Waals surface area contributed by atoms with Crippen LogP contribution in [-0.4, -0.2) is 35.5 Å². The van der Waals surface area contributed by atoms with Crippen LogP contribution in [0.3, 0.4) is 0 Å². The van der Waals surface area contributed by atoms with Crippen LogP contribution in [0.4, 0.5) is 0 Å². The topological polar surface area (TPSA) is 61.7 Å². The number of hydrogen-bond acceptors (Lipinski definition) is 4. The van der Waals surface area contributed by atoms with Gasteiger partial charge in [-0.2, -0.15) is 0 Å². The Balaban J connectivity index is 1.74. The maximum atomic E-state index is 10.3. The van der Waals surface area contributed by atoms with Crippen LogP contribution in [0.1, 0.15) is 24.2 Å². The molecule has 2 aromatic carbocycles. The van der Waals surface area contributed by atoms with Crippen LogP contribution < -0.4 is 10.1 Å². The Morgan fingerprint density at radius 2 is 1.78 bits per heavy atom. The van der Waals surface area contributed by atoms with Gasteiger partial charge in [0.25, 0.3) is 0 Å². The lowest BCUT2D eigenvalue weighted by Gasteiger charge is -2.22. The smallest absolute Gasteiger partial charge is 0.119 e. The zero-order chi connectivity index (χ0) is 16.7. The molecule has 0 bridgehead atoms. The highest BCUT2D eigenvalue weighted by atomic mass is 16.5. The number of aliphatic hydroxyl groups excluding tert-OH is 2. The summed E-state index contributed by atoms with van der Waals surface area (Å²) in [6.45, 7) is 4.46. The van der Waals surface area contributed by atoms with Crippen LogP contribution >= 0.6 is 0 Å². The first-order valence-corrected chi connectivity index (χ1v) is 7.90. The largest absolute Gasteiger partial charge is 0.491 e. The van der Waals surface area contributed by atoms with Crippen molar-refractivity contribution in [2.45, 2.75) is 32.1 Å². The first-order valence-electron chi connectivity index (χ1n) is 7.90. The number of rotatable bonds is 8. The molecule has 0 unspecified atom stereocenters. The quantitative estimate of drug-likeness (QED) is 0.700. The van der Waals surface area contributed by atoms with E-state index in [0.29, 0.717) is 6.54 Å².